The average molecular weight is 285 g/mol. The van der Waals surface area contributed by atoms with Crippen LogP contribution in [0.25, 0.3) is 0 Å². The number of phenols is 1. The van der Waals surface area contributed by atoms with Crippen LogP contribution in [0.5, 0.6) is 5.75 Å². The molecule has 6 nitrogen and oxygen atoms in total. The summed E-state index contributed by atoms with van der Waals surface area (Å²) in [5.74, 6) is -1.53. The maximum Gasteiger partial charge on any atom is 0.502 e. The zero-order valence-electron chi connectivity index (χ0n) is 8.72. The van der Waals surface area contributed by atoms with Crippen molar-refractivity contribution in [2.45, 2.75) is 17.3 Å². The lowest BCUT2D eigenvalue weighted by atomic mass is 10.2. The number of aromatic hydroxyl groups is 1. The molecule has 0 atom stereocenters. The summed E-state index contributed by atoms with van der Waals surface area (Å²) in [6.45, 7) is 1.17. The van der Waals surface area contributed by atoms with Crippen molar-refractivity contribution in [3.05, 3.63) is 27.8 Å². The van der Waals surface area contributed by atoms with Gasteiger partial charge in [-0.05, 0) is 18.6 Å². The van der Waals surface area contributed by atoms with Crippen LogP contribution in [0.15, 0.2) is 17.0 Å². The summed E-state index contributed by atoms with van der Waals surface area (Å²) >= 11 is 0. The third kappa shape index (κ3) is 2.23. The molecule has 0 amide bonds. The summed E-state index contributed by atoms with van der Waals surface area (Å²) in [7, 11) is -5.84. The average Bonchev–Trinajstić information content (AvgIpc) is 2.18. The van der Waals surface area contributed by atoms with Crippen LogP contribution in [0.2, 0.25) is 0 Å². The van der Waals surface area contributed by atoms with E-state index in [2.05, 4.69) is 0 Å². The van der Waals surface area contributed by atoms with Gasteiger partial charge in [0.1, 0.15) is 4.90 Å². The van der Waals surface area contributed by atoms with Crippen molar-refractivity contribution < 1.29 is 31.6 Å². The normalized spacial score (nSPS) is 12.4. The van der Waals surface area contributed by atoms with Gasteiger partial charge in [-0.1, -0.05) is 0 Å². The Balaban J connectivity index is 3.68. The standard InChI is InChI=1S/C8H6F3NO5S/c1-4-2-5(12(14)15)7(13)6(3-4)18(16,17)8(9,10)11/h2-3,13H,1H3. The summed E-state index contributed by atoms with van der Waals surface area (Å²) in [4.78, 5) is 7.78. The van der Waals surface area contributed by atoms with Crippen molar-refractivity contribution in [2.24, 2.45) is 0 Å². The fourth-order valence-corrected chi connectivity index (χ4v) is 2.15. The maximum absolute atomic E-state index is 12.3. The number of hydrogen-bond donors (Lipinski definition) is 1. The summed E-state index contributed by atoms with van der Waals surface area (Å²) in [6.07, 6.45) is 0. The van der Waals surface area contributed by atoms with E-state index in [0.717, 1.165) is 6.07 Å². The number of halogens is 3. The largest absolute Gasteiger partial charge is 0.502 e. The maximum atomic E-state index is 12.3. The van der Waals surface area contributed by atoms with Crippen LogP contribution < -0.4 is 0 Å². The topological polar surface area (TPSA) is 97.5 Å². The van der Waals surface area contributed by atoms with Gasteiger partial charge in [0.2, 0.25) is 5.75 Å². The molecule has 0 unspecified atom stereocenters. The molecule has 18 heavy (non-hydrogen) atoms. The number of rotatable bonds is 2. The number of aryl methyl sites for hydroxylation is 1. The van der Waals surface area contributed by atoms with Gasteiger partial charge >= 0.3 is 11.2 Å². The Morgan fingerprint density at radius 3 is 2.22 bits per heavy atom. The van der Waals surface area contributed by atoms with Gasteiger partial charge in [-0.3, -0.25) is 10.1 Å². The minimum Gasteiger partial charge on any atom is -0.501 e. The molecule has 0 aliphatic carbocycles. The van der Waals surface area contributed by atoms with E-state index < -0.39 is 36.6 Å². The highest BCUT2D eigenvalue weighted by Crippen LogP contribution is 2.40. The van der Waals surface area contributed by atoms with Gasteiger partial charge in [-0.2, -0.15) is 13.2 Å². The molecule has 0 saturated carbocycles. The Labute approximate surface area is 98.7 Å². The van der Waals surface area contributed by atoms with Gasteiger partial charge in [0.25, 0.3) is 9.84 Å². The number of benzene rings is 1. The Hall–Kier alpha value is -1.84. The molecule has 1 aromatic rings. The molecular weight excluding hydrogens is 279 g/mol. The Morgan fingerprint density at radius 1 is 1.33 bits per heavy atom. The van der Waals surface area contributed by atoms with Crippen molar-refractivity contribution in [2.75, 3.05) is 0 Å². The molecule has 0 heterocycles. The lowest BCUT2D eigenvalue weighted by Gasteiger charge is -2.10. The van der Waals surface area contributed by atoms with Crippen molar-refractivity contribution in [1.29, 1.82) is 0 Å². The quantitative estimate of drug-likeness (QED) is 0.661. The van der Waals surface area contributed by atoms with E-state index in [4.69, 9.17) is 0 Å². The molecule has 0 fully saturated rings. The number of nitro groups is 1. The van der Waals surface area contributed by atoms with Crippen LogP contribution in [0.3, 0.4) is 0 Å². The molecule has 0 bridgehead atoms. The molecule has 0 radical (unpaired) electrons. The van der Waals surface area contributed by atoms with Crippen molar-refractivity contribution >= 4 is 15.5 Å². The van der Waals surface area contributed by atoms with Crippen molar-refractivity contribution in [3.63, 3.8) is 0 Å². The highest BCUT2D eigenvalue weighted by atomic mass is 32.2. The number of phenolic OH excluding ortho intramolecular Hbond substituents is 1. The van der Waals surface area contributed by atoms with Gasteiger partial charge in [0.15, 0.2) is 0 Å². The minimum atomic E-state index is -5.84. The second kappa shape index (κ2) is 4.12. The molecular formula is C8H6F3NO5S. The van der Waals surface area contributed by atoms with Crippen LogP contribution in [0, 0.1) is 17.0 Å². The van der Waals surface area contributed by atoms with E-state index in [1.54, 1.807) is 0 Å². The predicted octanol–water partition coefficient (Wildman–Crippen LogP) is 1.90. The molecule has 1 aromatic carbocycles. The first-order valence-electron chi connectivity index (χ1n) is 4.28. The van der Waals surface area contributed by atoms with Gasteiger partial charge in [-0.15, -0.1) is 0 Å². The molecule has 0 spiro atoms. The fourth-order valence-electron chi connectivity index (χ4n) is 1.20. The summed E-state index contributed by atoms with van der Waals surface area (Å²) in [5, 5.41) is 19.7. The SMILES string of the molecule is Cc1cc([N+](=O)[O-])c(O)c(S(=O)(=O)C(F)(F)F)c1. The number of nitro benzene ring substituents is 1. The van der Waals surface area contributed by atoms with Crippen LogP contribution in [0.4, 0.5) is 18.9 Å². The molecule has 1 rings (SSSR count). The molecule has 1 N–H and O–H groups in total. The van der Waals surface area contributed by atoms with E-state index in [1.807, 2.05) is 0 Å². The lowest BCUT2D eigenvalue weighted by Crippen LogP contribution is -2.23. The van der Waals surface area contributed by atoms with Crippen LogP contribution in [0.1, 0.15) is 5.56 Å². The minimum absolute atomic E-state index is 0.0951. The first-order valence-corrected chi connectivity index (χ1v) is 5.76. The van der Waals surface area contributed by atoms with E-state index in [0.29, 0.717) is 6.07 Å². The third-order valence-electron chi connectivity index (χ3n) is 1.99. The van der Waals surface area contributed by atoms with E-state index in [9.17, 15) is 36.8 Å². The molecule has 0 aliphatic rings. The third-order valence-corrected chi connectivity index (χ3v) is 3.49. The highest BCUT2D eigenvalue weighted by molar-refractivity contribution is 7.92. The number of sulfone groups is 1. The lowest BCUT2D eigenvalue weighted by molar-refractivity contribution is -0.386. The van der Waals surface area contributed by atoms with Gasteiger partial charge in [0, 0.05) is 6.07 Å². The van der Waals surface area contributed by atoms with Crippen LogP contribution >= 0.6 is 0 Å². The Morgan fingerprint density at radius 2 is 1.83 bits per heavy atom. The zero-order valence-corrected chi connectivity index (χ0v) is 9.54. The number of hydrogen-bond acceptors (Lipinski definition) is 5. The number of nitrogens with zero attached hydrogens (tertiary/aromatic N) is 1. The van der Waals surface area contributed by atoms with E-state index >= 15 is 0 Å². The predicted molar refractivity (Wildman–Crippen MR) is 52.7 cm³/mol. The van der Waals surface area contributed by atoms with Crippen LogP contribution in [-0.2, 0) is 9.84 Å². The monoisotopic (exact) mass is 285 g/mol. The molecule has 100 valence electrons. The smallest absolute Gasteiger partial charge is 0.501 e. The first kappa shape index (κ1) is 14.2. The fraction of sp³-hybridized carbons (Fsp3) is 0.250. The van der Waals surface area contributed by atoms with Gasteiger partial charge < -0.3 is 5.11 Å². The number of alkyl halides is 3. The van der Waals surface area contributed by atoms with Gasteiger partial charge in [0.05, 0.1) is 4.92 Å². The summed E-state index contributed by atoms with van der Waals surface area (Å²) in [5.41, 5.74) is -6.84. The first-order chi connectivity index (χ1) is 7.98. The summed E-state index contributed by atoms with van der Waals surface area (Å²) < 4.78 is 59.1. The molecule has 0 saturated heterocycles. The summed E-state index contributed by atoms with van der Waals surface area (Å²) in [6, 6.07) is 1.29. The van der Waals surface area contributed by atoms with Crippen LogP contribution in [-0.4, -0.2) is 24.0 Å². The molecule has 10 heteroatoms. The van der Waals surface area contributed by atoms with Crippen molar-refractivity contribution in [1.82, 2.24) is 0 Å². The highest BCUT2D eigenvalue weighted by Gasteiger charge is 2.49. The van der Waals surface area contributed by atoms with Gasteiger partial charge in [-0.25, -0.2) is 8.42 Å². The van der Waals surface area contributed by atoms with E-state index in [1.165, 1.54) is 6.92 Å². The van der Waals surface area contributed by atoms with E-state index in [-0.39, 0.29) is 5.56 Å². The van der Waals surface area contributed by atoms with Crippen molar-refractivity contribution in [3.8, 4) is 5.75 Å². The Bertz CT molecular complexity index is 608. The molecule has 0 aromatic heterocycles. The second-order valence-corrected chi connectivity index (χ2v) is 5.25. The Kier molecular flexibility index (Phi) is 3.26. The zero-order chi connectivity index (χ0) is 14.3. The second-order valence-electron chi connectivity index (χ2n) is 3.34. The molecule has 0 aliphatic heterocycles.